The van der Waals surface area contributed by atoms with E-state index in [9.17, 15) is 14.3 Å². The van der Waals surface area contributed by atoms with Crippen LogP contribution in [0.15, 0.2) is 66.7 Å². The van der Waals surface area contributed by atoms with Crippen molar-refractivity contribution in [2.24, 2.45) is 0 Å². The van der Waals surface area contributed by atoms with Crippen LogP contribution in [0, 0.1) is 5.82 Å². The van der Waals surface area contributed by atoms with Gasteiger partial charge >= 0.3 is 5.97 Å². The van der Waals surface area contributed by atoms with Gasteiger partial charge < -0.3 is 24.6 Å². The van der Waals surface area contributed by atoms with E-state index in [0.717, 1.165) is 71.8 Å². The molecule has 3 heterocycles. The number of carboxylic acids is 1. The van der Waals surface area contributed by atoms with Gasteiger partial charge in [-0.3, -0.25) is 10.1 Å². The van der Waals surface area contributed by atoms with E-state index in [1.165, 1.54) is 11.0 Å². The number of aromatic nitrogens is 1. The maximum atomic E-state index is 14.3. The third kappa shape index (κ3) is 4.50. The van der Waals surface area contributed by atoms with Crippen LogP contribution >= 0.6 is 0 Å². The fourth-order valence-corrected chi connectivity index (χ4v) is 5.99. The van der Waals surface area contributed by atoms with Gasteiger partial charge in [0.05, 0.1) is 45.0 Å². The second-order valence-electron chi connectivity index (χ2n) is 10.2. The predicted octanol–water partition coefficient (Wildman–Crippen LogP) is 2.91. The molecule has 1 fully saturated rings. The number of hydrogen-bond acceptors (Lipinski definition) is 4. The number of halogens is 1. The summed E-state index contributed by atoms with van der Waals surface area (Å²) in [6.07, 6.45) is 0.435. The van der Waals surface area contributed by atoms with Crippen molar-refractivity contribution in [3.8, 4) is 5.75 Å². The van der Waals surface area contributed by atoms with Gasteiger partial charge in [-0.15, -0.1) is 0 Å². The first-order chi connectivity index (χ1) is 18.5. The second kappa shape index (κ2) is 10.1. The minimum atomic E-state index is -0.850. The number of aromatic amines is 1. The van der Waals surface area contributed by atoms with Gasteiger partial charge in [0.2, 0.25) is 0 Å². The molecular formula is C30H32FN4O3+. The maximum Gasteiger partial charge on any atom is 0.321 e. The fourth-order valence-electron chi connectivity index (χ4n) is 5.99. The zero-order valence-corrected chi connectivity index (χ0v) is 21.3. The van der Waals surface area contributed by atoms with Gasteiger partial charge in [-0.05, 0) is 41.5 Å². The molecule has 0 spiro atoms. The fraction of sp³-hybridized carbons (Fsp3) is 0.300. The lowest BCUT2D eigenvalue weighted by Gasteiger charge is -2.34. The summed E-state index contributed by atoms with van der Waals surface area (Å²) >= 11 is 0. The summed E-state index contributed by atoms with van der Waals surface area (Å²) in [5.41, 5.74) is 5.84. The smallest absolute Gasteiger partial charge is 0.321 e. The first kappa shape index (κ1) is 24.5. The molecule has 4 aromatic rings. The van der Waals surface area contributed by atoms with E-state index >= 15 is 0 Å². The quantitative estimate of drug-likeness (QED) is 0.318. The predicted molar refractivity (Wildman–Crippen MR) is 144 cm³/mol. The van der Waals surface area contributed by atoms with Crippen molar-refractivity contribution in [2.45, 2.75) is 25.0 Å². The molecule has 0 bridgehead atoms. The molecular weight excluding hydrogens is 483 g/mol. The van der Waals surface area contributed by atoms with Gasteiger partial charge in [-0.25, -0.2) is 4.39 Å². The van der Waals surface area contributed by atoms with Gasteiger partial charge in [0, 0.05) is 28.6 Å². The minimum Gasteiger partial charge on any atom is -0.496 e. The Bertz CT molecular complexity index is 1480. The number of ether oxygens (including phenoxy) is 1. The number of nitrogens with zero attached hydrogens (tertiary/aromatic N) is 1. The number of fused-ring (bicyclic) bond motifs is 3. The number of rotatable bonds is 6. The molecule has 4 N–H and O–H groups in total. The molecule has 8 heteroatoms. The van der Waals surface area contributed by atoms with Gasteiger partial charge in [-0.1, -0.05) is 36.4 Å². The van der Waals surface area contributed by atoms with Crippen LogP contribution in [0.3, 0.4) is 0 Å². The van der Waals surface area contributed by atoms with Crippen molar-refractivity contribution < 1.29 is 23.9 Å². The standard InChI is InChI=1S/C30H31FN4O3/c1-38-27-11-10-19(16-20(27)18-34-12-14-35(15-13-34)26-9-5-3-7-23(26)31)28-29-22(17-25(33-28)30(36)37)21-6-2-4-8-24(21)32-29/h2-11,16,25,28,32-33H,12-15,17-18H2,1H3,(H,36,37)/p+1. The van der Waals surface area contributed by atoms with Gasteiger partial charge in [0.15, 0.2) is 0 Å². The molecule has 3 aromatic carbocycles. The highest BCUT2D eigenvalue weighted by atomic mass is 19.1. The third-order valence-electron chi connectivity index (χ3n) is 7.95. The van der Waals surface area contributed by atoms with Gasteiger partial charge in [0.1, 0.15) is 24.2 Å². The summed E-state index contributed by atoms with van der Waals surface area (Å²) in [5, 5.41) is 14.3. The molecule has 2 unspecified atom stereocenters. The number of quaternary nitrogens is 1. The molecule has 196 valence electrons. The Morgan fingerprint density at radius 2 is 1.87 bits per heavy atom. The Balaban J connectivity index is 1.27. The number of benzene rings is 3. The Kier molecular flexibility index (Phi) is 6.51. The van der Waals surface area contributed by atoms with E-state index in [-0.39, 0.29) is 11.9 Å². The zero-order chi connectivity index (χ0) is 26.2. The van der Waals surface area contributed by atoms with Gasteiger partial charge in [-0.2, -0.15) is 0 Å². The van der Waals surface area contributed by atoms with E-state index in [2.05, 4.69) is 27.3 Å². The largest absolute Gasteiger partial charge is 0.496 e. The first-order valence-corrected chi connectivity index (χ1v) is 13.1. The van der Waals surface area contributed by atoms with E-state index in [1.54, 1.807) is 13.2 Å². The molecule has 2 aliphatic heterocycles. The number of para-hydroxylation sites is 2. The lowest BCUT2D eigenvalue weighted by Crippen LogP contribution is -3.13. The van der Waals surface area contributed by atoms with Crippen molar-refractivity contribution in [3.05, 3.63) is 94.9 Å². The Labute approximate surface area is 220 Å². The number of carboxylic acid groups (broad SMARTS) is 1. The lowest BCUT2D eigenvalue weighted by molar-refractivity contribution is -0.914. The average molecular weight is 516 g/mol. The highest BCUT2D eigenvalue weighted by Crippen LogP contribution is 2.36. The Morgan fingerprint density at radius 1 is 1.11 bits per heavy atom. The summed E-state index contributed by atoms with van der Waals surface area (Å²) in [6, 6.07) is 20.2. The van der Waals surface area contributed by atoms with Gasteiger partial charge in [0.25, 0.3) is 0 Å². The van der Waals surface area contributed by atoms with Crippen LogP contribution in [0.1, 0.15) is 28.4 Å². The third-order valence-corrected chi connectivity index (χ3v) is 7.95. The molecule has 0 amide bonds. The molecule has 0 radical (unpaired) electrons. The molecule has 2 aliphatic rings. The normalized spacial score (nSPS) is 19.9. The topological polar surface area (TPSA) is 82.0 Å². The van der Waals surface area contributed by atoms with Crippen LogP contribution in [0.4, 0.5) is 10.1 Å². The molecule has 1 aromatic heterocycles. The highest BCUT2D eigenvalue weighted by molar-refractivity contribution is 5.87. The number of aliphatic carboxylic acids is 1. The number of carbonyl (C=O) groups is 1. The van der Waals surface area contributed by atoms with Crippen LogP contribution in [-0.2, 0) is 17.8 Å². The number of nitrogens with one attached hydrogen (secondary N) is 3. The summed E-state index contributed by atoms with van der Waals surface area (Å²) in [6.45, 7) is 4.10. The molecule has 1 saturated heterocycles. The summed E-state index contributed by atoms with van der Waals surface area (Å²) in [5.74, 6) is -0.210. The SMILES string of the molecule is COc1ccc(C2NC(C(=O)O)Cc3c2[nH]c2ccccc32)cc1C[NH+]1CCN(c2ccccc2F)CC1. The Morgan fingerprint density at radius 3 is 2.63 bits per heavy atom. The molecule has 0 aliphatic carbocycles. The summed E-state index contributed by atoms with van der Waals surface area (Å²) < 4.78 is 20.0. The van der Waals surface area contributed by atoms with Crippen molar-refractivity contribution >= 4 is 22.6 Å². The molecule has 2 atom stereocenters. The van der Waals surface area contributed by atoms with Crippen molar-refractivity contribution in [1.82, 2.24) is 10.3 Å². The zero-order valence-electron chi connectivity index (χ0n) is 21.3. The molecule has 7 nitrogen and oxygen atoms in total. The van der Waals surface area contributed by atoms with E-state index in [0.29, 0.717) is 12.1 Å². The Hall–Kier alpha value is -3.88. The van der Waals surface area contributed by atoms with Crippen LogP contribution in [-0.4, -0.2) is 55.4 Å². The van der Waals surface area contributed by atoms with Crippen LogP contribution in [0.2, 0.25) is 0 Å². The van der Waals surface area contributed by atoms with E-state index < -0.39 is 12.0 Å². The molecule has 0 saturated carbocycles. The highest BCUT2D eigenvalue weighted by Gasteiger charge is 2.34. The molecule has 38 heavy (non-hydrogen) atoms. The minimum absolute atomic E-state index is 0.179. The van der Waals surface area contributed by atoms with Crippen molar-refractivity contribution in [1.29, 1.82) is 0 Å². The van der Waals surface area contributed by atoms with Crippen LogP contribution in [0.25, 0.3) is 10.9 Å². The van der Waals surface area contributed by atoms with Crippen LogP contribution in [0.5, 0.6) is 5.75 Å². The molecule has 6 rings (SSSR count). The number of H-pyrrole nitrogens is 1. The van der Waals surface area contributed by atoms with Crippen LogP contribution < -0.4 is 19.9 Å². The van der Waals surface area contributed by atoms with E-state index in [1.807, 2.05) is 42.5 Å². The number of piperazine rings is 1. The average Bonchev–Trinajstić information content (AvgIpc) is 3.32. The lowest BCUT2D eigenvalue weighted by atomic mass is 9.89. The van der Waals surface area contributed by atoms with Crippen molar-refractivity contribution in [3.63, 3.8) is 0 Å². The second-order valence-corrected chi connectivity index (χ2v) is 10.2. The summed E-state index contributed by atoms with van der Waals surface area (Å²) in [7, 11) is 1.68. The number of anilines is 1. The number of hydrogen-bond donors (Lipinski definition) is 4. The van der Waals surface area contributed by atoms with E-state index in [4.69, 9.17) is 4.74 Å². The van der Waals surface area contributed by atoms with Crippen molar-refractivity contribution in [2.75, 3.05) is 38.2 Å². The monoisotopic (exact) mass is 515 g/mol. The summed E-state index contributed by atoms with van der Waals surface area (Å²) in [4.78, 5) is 19.1. The maximum absolute atomic E-state index is 14.3. The first-order valence-electron chi connectivity index (χ1n) is 13.1. The number of methoxy groups -OCH3 is 1.